The molecule has 1 saturated heterocycles. The maximum absolute atomic E-state index is 12.6. The van der Waals surface area contributed by atoms with E-state index in [-0.39, 0.29) is 5.91 Å². The first-order chi connectivity index (χ1) is 12.5. The van der Waals surface area contributed by atoms with Crippen molar-refractivity contribution in [2.24, 2.45) is 7.05 Å². The molecule has 0 radical (unpaired) electrons. The topological polar surface area (TPSA) is 65.2 Å². The van der Waals surface area contributed by atoms with E-state index in [1.54, 1.807) is 11.3 Å². The molecule has 138 valence electrons. The van der Waals surface area contributed by atoms with Crippen molar-refractivity contribution in [2.45, 2.75) is 33.2 Å². The van der Waals surface area contributed by atoms with Crippen LogP contribution in [-0.2, 0) is 24.8 Å². The molecule has 1 aliphatic heterocycles. The Bertz CT molecular complexity index is 832. The van der Waals surface area contributed by atoms with Gasteiger partial charge in [0.25, 0.3) is 0 Å². The van der Waals surface area contributed by atoms with Crippen LogP contribution in [0.1, 0.15) is 34.1 Å². The molecule has 6 nitrogen and oxygen atoms in total. The molecule has 7 heteroatoms. The molecule has 2 aromatic heterocycles. The normalized spacial score (nSPS) is 15.7. The summed E-state index contributed by atoms with van der Waals surface area (Å²) in [5.41, 5.74) is 3.91. The number of nitriles is 1. The minimum absolute atomic E-state index is 0.166. The average Bonchev–Trinajstić information content (AvgIpc) is 3.03. The van der Waals surface area contributed by atoms with E-state index in [1.165, 1.54) is 5.56 Å². The predicted molar refractivity (Wildman–Crippen MR) is 102 cm³/mol. The lowest BCUT2D eigenvalue weighted by atomic mass is 10.2. The van der Waals surface area contributed by atoms with Crippen molar-refractivity contribution in [3.8, 4) is 6.07 Å². The average molecular weight is 372 g/mol. The van der Waals surface area contributed by atoms with Crippen LogP contribution in [-0.4, -0.2) is 51.4 Å². The van der Waals surface area contributed by atoms with Crippen molar-refractivity contribution in [3.05, 3.63) is 39.1 Å². The molecule has 1 fully saturated rings. The van der Waals surface area contributed by atoms with Gasteiger partial charge in [0.05, 0.1) is 17.1 Å². The van der Waals surface area contributed by atoms with Crippen LogP contribution >= 0.6 is 11.3 Å². The highest BCUT2D eigenvalue weighted by Crippen LogP contribution is 2.17. The van der Waals surface area contributed by atoms with E-state index in [9.17, 15) is 10.1 Å². The van der Waals surface area contributed by atoms with Crippen LogP contribution in [0.25, 0.3) is 0 Å². The Hall–Kier alpha value is -2.17. The molecule has 3 rings (SSSR count). The third-order valence-electron chi connectivity index (χ3n) is 5.09. The van der Waals surface area contributed by atoms with Gasteiger partial charge in [0.1, 0.15) is 11.8 Å². The van der Waals surface area contributed by atoms with Crippen molar-refractivity contribution in [2.75, 3.05) is 26.2 Å². The van der Waals surface area contributed by atoms with E-state index >= 15 is 0 Å². The summed E-state index contributed by atoms with van der Waals surface area (Å²) in [6.45, 7) is 8.22. The zero-order valence-corrected chi connectivity index (χ0v) is 16.5. The van der Waals surface area contributed by atoms with Crippen LogP contribution in [0.5, 0.6) is 0 Å². The Morgan fingerprint density at radius 1 is 1.31 bits per heavy atom. The van der Waals surface area contributed by atoms with E-state index < -0.39 is 0 Å². The van der Waals surface area contributed by atoms with E-state index in [4.69, 9.17) is 0 Å². The maximum Gasteiger partial charge on any atom is 0.228 e. The second-order valence-electron chi connectivity index (χ2n) is 6.86. The first-order valence-electron chi connectivity index (χ1n) is 8.94. The molecule has 0 saturated carbocycles. The van der Waals surface area contributed by atoms with Gasteiger partial charge in [-0.05, 0) is 31.9 Å². The molecule has 0 atom stereocenters. The zero-order chi connectivity index (χ0) is 18.7. The molecule has 0 spiro atoms. The summed E-state index contributed by atoms with van der Waals surface area (Å²) in [5, 5.41) is 12.2. The molecular weight excluding hydrogens is 346 g/mol. The Morgan fingerprint density at radius 3 is 2.77 bits per heavy atom. The van der Waals surface area contributed by atoms with Gasteiger partial charge in [0.15, 0.2) is 0 Å². The number of carbonyl (C=O) groups is 1. The summed E-state index contributed by atoms with van der Waals surface area (Å²) in [4.78, 5) is 21.3. The first kappa shape index (κ1) is 18.6. The fourth-order valence-electron chi connectivity index (χ4n) is 3.41. The minimum atomic E-state index is 0.166. The van der Waals surface area contributed by atoms with Crippen LogP contribution in [0.4, 0.5) is 0 Å². The number of thiazole rings is 1. The van der Waals surface area contributed by atoms with Crippen molar-refractivity contribution >= 4 is 17.2 Å². The molecule has 2 aromatic rings. The third kappa shape index (κ3) is 4.14. The van der Waals surface area contributed by atoms with Gasteiger partial charge in [0.2, 0.25) is 5.91 Å². The van der Waals surface area contributed by atoms with Gasteiger partial charge in [-0.25, -0.2) is 4.98 Å². The Morgan fingerprint density at radius 2 is 2.12 bits per heavy atom. The SMILES string of the molecule is Cc1nc(CC(=O)N2CCCN(Cc3cc(C#N)n(C)c3C)CC2)cs1. The molecular formula is C19H25N5OS. The fourth-order valence-corrected chi connectivity index (χ4v) is 4.02. The van der Waals surface area contributed by atoms with Crippen LogP contribution in [0.3, 0.4) is 0 Å². The highest BCUT2D eigenvalue weighted by atomic mass is 32.1. The van der Waals surface area contributed by atoms with Crippen molar-refractivity contribution in [1.82, 2.24) is 19.4 Å². The molecule has 0 bridgehead atoms. The Labute approximate surface area is 158 Å². The number of nitrogens with zero attached hydrogens (tertiary/aromatic N) is 5. The van der Waals surface area contributed by atoms with Crippen LogP contribution in [0.15, 0.2) is 11.4 Å². The number of amides is 1. The van der Waals surface area contributed by atoms with Gasteiger partial charge in [-0.1, -0.05) is 0 Å². The summed E-state index contributed by atoms with van der Waals surface area (Å²) in [7, 11) is 1.93. The smallest absolute Gasteiger partial charge is 0.228 e. The molecule has 3 heterocycles. The first-order valence-corrected chi connectivity index (χ1v) is 9.82. The predicted octanol–water partition coefficient (Wildman–Crippen LogP) is 2.25. The summed E-state index contributed by atoms with van der Waals surface area (Å²) >= 11 is 1.59. The summed E-state index contributed by atoms with van der Waals surface area (Å²) < 4.78 is 1.94. The second-order valence-corrected chi connectivity index (χ2v) is 7.92. The second kappa shape index (κ2) is 8.02. The van der Waals surface area contributed by atoms with Gasteiger partial charge in [-0.3, -0.25) is 9.69 Å². The van der Waals surface area contributed by atoms with E-state index in [2.05, 4.69) is 22.9 Å². The highest BCUT2D eigenvalue weighted by molar-refractivity contribution is 7.09. The van der Waals surface area contributed by atoms with E-state index in [0.717, 1.165) is 55.5 Å². The Balaban J connectivity index is 1.58. The summed E-state index contributed by atoms with van der Waals surface area (Å²) in [6.07, 6.45) is 1.37. The van der Waals surface area contributed by atoms with Crippen molar-refractivity contribution in [3.63, 3.8) is 0 Å². The molecule has 0 aromatic carbocycles. The number of hydrogen-bond donors (Lipinski definition) is 0. The van der Waals surface area contributed by atoms with Crippen LogP contribution in [0.2, 0.25) is 0 Å². The lowest BCUT2D eigenvalue weighted by molar-refractivity contribution is -0.130. The van der Waals surface area contributed by atoms with E-state index in [1.807, 2.05) is 34.9 Å². The summed E-state index contributed by atoms with van der Waals surface area (Å²) in [6, 6.07) is 4.22. The molecule has 1 amide bonds. The highest BCUT2D eigenvalue weighted by Gasteiger charge is 2.21. The lowest BCUT2D eigenvalue weighted by Gasteiger charge is -2.22. The van der Waals surface area contributed by atoms with Crippen LogP contribution in [0, 0.1) is 25.2 Å². The van der Waals surface area contributed by atoms with E-state index in [0.29, 0.717) is 12.1 Å². The number of aromatic nitrogens is 2. The minimum Gasteiger partial charge on any atom is -0.341 e. The van der Waals surface area contributed by atoms with Gasteiger partial charge in [-0.15, -0.1) is 11.3 Å². The van der Waals surface area contributed by atoms with Gasteiger partial charge in [0, 0.05) is 50.8 Å². The maximum atomic E-state index is 12.6. The molecule has 0 aliphatic carbocycles. The number of carbonyl (C=O) groups excluding carboxylic acids is 1. The summed E-state index contributed by atoms with van der Waals surface area (Å²) in [5.74, 6) is 0.166. The van der Waals surface area contributed by atoms with Crippen molar-refractivity contribution < 1.29 is 4.79 Å². The van der Waals surface area contributed by atoms with Crippen LogP contribution < -0.4 is 0 Å². The molecule has 0 unspecified atom stereocenters. The largest absolute Gasteiger partial charge is 0.341 e. The third-order valence-corrected chi connectivity index (χ3v) is 5.91. The number of aryl methyl sites for hydroxylation is 1. The number of rotatable bonds is 4. The molecule has 1 aliphatic rings. The zero-order valence-electron chi connectivity index (χ0n) is 15.7. The van der Waals surface area contributed by atoms with Crippen molar-refractivity contribution in [1.29, 1.82) is 5.26 Å². The lowest BCUT2D eigenvalue weighted by Crippen LogP contribution is -2.36. The van der Waals surface area contributed by atoms with Gasteiger partial charge >= 0.3 is 0 Å². The van der Waals surface area contributed by atoms with Gasteiger partial charge < -0.3 is 9.47 Å². The monoisotopic (exact) mass is 371 g/mol. The fraction of sp³-hybridized carbons (Fsp3) is 0.526. The number of hydrogen-bond acceptors (Lipinski definition) is 5. The Kier molecular flexibility index (Phi) is 5.74. The quantitative estimate of drug-likeness (QED) is 0.827. The molecule has 0 N–H and O–H groups in total. The molecule has 26 heavy (non-hydrogen) atoms. The van der Waals surface area contributed by atoms with Gasteiger partial charge in [-0.2, -0.15) is 5.26 Å². The standard InChI is InChI=1S/C19H25N5OS/c1-14-16(9-18(11-20)22(14)3)12-23-5-4-6-24(8-7-23)19(25)10-17-13-26-15(2)21-17/h9,13H,4-8,10,12H2,1-3H3.